The Hall–Kier alpha value is -3.39. The van der Waals surface area contributed by atoms with Crippen molar-refractivity contribution in [2.24, 2.45) is 0 Å². The minimum Gasteiger partial charge on any atom is -0.454 e. The number of aromatic amines is 2. The third-order valence-electron chi connectivity index (χ3n) is 4.28. The molecule has 5 rings (SSSR count). The van der Waals surface area contributed by atoms with Gasteiger partial charge in [0.05, 0.1) is 5.69 Å². The second-order valence-corrected chi connectivity index (χ2v) is 6.20. The Balaban J connectivity index is 1.79. The molecule has 26 heavy (non-hydrogen) atoms. The van der Waals surface area contributed by atoms with Gasteiger partial charge < -0.3 is 14.5 Å². The van der Waals surface area contributed by atoms with E-state index in [0.717, 1.165) is 16.6 Å². The van der Waals surface area contributed by atoms with Gasteiger partial charge in [0, 0.05) is 28.6 Å². The van der Waals surface area contributed by atoms with Crippen molar-refractivity contribution in [3.8, 4) is 28.6 Å². The lowest BCUT2D eigenvalue weighted by atomic mass is 10.1. The molecule has 7 nitrogen and oxygen atoms in total. The fourth-order valence-corrected chi connectivity index (χ4v) is 3.37. The van der Waals surface area contributed by atoms with Crippen molar-refractivity contribution in [1.82, 2.24) is 19.7 Å². The van der Waals surface area contributed by atoms with Crippen LogP contribution in [0.5, 0.6) is 11.5 Å². The maximum atomic E-state index is 12.1. The van der Waals surface area contributed by atoms with E-state index in [-0.39, 0.29) is 12.4 Å². The van der Waals surface area contributed by atoms with Crippen molar-refractivity contribution in [1.29, 1.82) is 0 Å². The number of benzene rings is 2. The van der Waals surface area contributed by atoms with E-state index in [1.807, 2.05) is 42.5 Å². The highest BCUT2D eigenvalue weighted by Crippen LogP contribution is 2.35. The molecular formula is C18H12N4O3S. The molecule has 8 heteroatoms. The molecule has 0 bridgehead atoms. The topological polar surface area (TPSA) is 84.9 Å². The molecule has 0 fully saturated rings. The standard InChI is InChI=1S/C18H12N4O3S/c23-16-8-12(11-3-1-2-4-13(11)19-16)17-20-21-18(26)22(17)10-5-6-14-15(7-10)25-9-24-14/h1-8H,9H2,(H,19,23)(H,21,26). The molecule has 3 heterocycles. The van der Waals surface area contributed by atoms with Gasteiger partial charge in [-0.3, -0.25) is 14.5 Å². The fraction of sp³-hybridized carbons (Fsp3) is 0.0556. The second kappa shape index (κ2) is 5.57. The van der Waals surface area contributed by atoms with Crippen molar-refractivity contribution in [2.75, 3.05) is 6.79 Å². The van der Waals surface area contributed by atoms with E-state index in [2.05, 4.69) is 15.2 Å². The van der Waals surface area contributed by atoms with Crippen LogP contribution in [0.1, 0.15) is 0 Å². The number of fused-ring (bicyclic) bond motifs is 2. The first-order chi connectivity index (χ1) is 12.7. The van der Waals surface area contributed by atoms with Crippen molar-refractivity contribution >= 4 is 23.1 Å². The highest BCUT2D eigenvalue weighted by molar-refractivity contribution is 7.71. The minimum absolute atomic E-state index is 0.196. The van der Waals surface area contributed by atoms with Crippen LogP contribution in [0.15, 0.2) is 53.3 Å². The summed E-state index contributed by atoms with van der Waals surface area (Å²) in [4.78, 5) is 15.0. The van der Waals surface area contributed by atoms with Gasteiger partial charge in [-0.1, -0.05) is 18.2 Å². The van der Waals surface area contributed by atoms with Gasteiger partial charge in [0.15, 0.2) is 22.1 Å². The number of aromatic nitrogens is 4. The highest BCUT2D eigenvalue weighted by atomic mass is 32.1. The van der Waals surface area contributed by atoms with Gasteiger partial charge in [-0.05, 0) is 30.4 Å². The maximum Gasteiger partial charge on any atom is 0.249 e. The number of rotatable bonds is 2. The van der Waals surface area contributed by atoms with Gasteiger partial charge in [0.2, 0.25) is 12.4 Å². The first kappa shape index (κ1) is 14.9. The molecule has 0 saturated heterocycles. The Labute approximate surface area is 151 Å². The molecule has 2 aromatic carbocycles. The van der Waals surface area contributed by atoms with Crippen molar-refractivity contribution in [2.45, 2.75) is 0 Å². The average molecular weight is 364 g/mol. The van der Waals surface area contributed by atoms with Crippen LogP contribution < -0.4 is 15.0 Å². The van der Waals surface area contributed by atoms with Crippen molar-refractivity contribution in [3.05, 3.63) is 63.7 Å². The summed E-state index contributed by atoms with van der Waals surface area (Å²) in [7, 11) is 0. The van der Waals surface area contributed by atoms with E-state index in [4.69, 9.17) is 21.7 Å². The summed E-state index contributed by atoms with van der Waals surface area (Å²) in [6.07, 6.45) is 0. The maximum absolute atomic E-state index is 12.1. The van der Waals surface area contributed by atoms with Gasteiger partial charge in [-0.2, -0.15) is 5.10 Å². The molecule has 0 radical (unpaired) electrons. The number of pyridine rings is 1. The predicted molar refractivity (Wildman–Crippen MR) is 98.4 cm³/mol. The van der Waals surface area contributed by atoms with Crippen molar-refractivity contribution in [3.63, 3.8) is 0 Å². The molecule has 0 atom stereocenters. The summed E-state index contributed by atoms with van der Waals surface area (Å²) in [6.45, 7) is 0.196. The summed E-state index contributed by atoms with van der Waals surface area (Å²) in [5, 5.41) is 8.06. The highest BCUT2D eigenvalue weighted by Gasteiger charge is 2.18. The third-order valence-corrected chi connectivity index (χ3v) is 4.55. The van der Waals surface area contributed by atoms with E-state index in [1.165, 1.54) is 6.07 Å². The molecule has 128 valence electrons. The van der Waals surface area contributed by atoms with E-state index in [1.54, 1.807) is 4.57 Å². The van der Waals surface area contributed by atoms with Gasteiger partial charge in [-0.25, -0.2) is 0 Å². The smallest absolute Gasteiger partial charge is 0.249 e. The average Bonchev–Trinajstić information content (AvgIpc) is 3.26. The van der Waals surface area contributed by atoms with Crippen LogP contribution >= 0.6 is 12.2 Å². The number of hydrogen-bond acceptors (Lipinski definition) is 5. The lowest BCUT2D eigenvalue weighted by Crippen LogP contribution is -2.07. The number of H-pyrrole nitrogens is 2. The number of hydrogen-bond donors (Lipinski definition) is 2. The van der Waals surface area contributed by atoms with Gasteiger partial charge in [-0.15, -0.1) is 0 Å². The molecule has 0 unspecified atom stereocenters. The van der Waals surface area contributed by atoms with E-state index >= 15 is 0 Å². The van der Waals surface area contributed by atoms with Crippen LogP contribution in [0, 0.1) is 4.77 Å². The van der Waals surface area contributed by atoms with Crippen LogP contribution in [0.2, 0.25) is 0 Å². The van der Waals surface area contributed by atoms with E-state index in [9.17, 15) is 4.79 Å². The predicted octanol–water partition coefficient (Wildman–Crippen LogP) is 3.17. The molecule has 2 N–H and O–H groups in total. The summed E-state index contributed by atoms with van der Waals surface area (Å²) in [5.41, 5.74) is 1.99. The lowest BCUT2D eigenvalue weighted by Gasteiger charge is -2.10. The third kappa shape index (κ3) is 2.23. The number of nitrogens with one attached hydrogen (secondary N) is 2. The molecule has 4 aromatic rings. The van der Waals surface area contributed by atoms with E-state index < -0.39 is 0 Å². The van der Waals surface area contributed by atoms with Crippen LogP contribution in [-0.4, -0.2) is 26.5 Å². The van der Waals surface area contributed by atoms with Gasteiger partial charge >= 0.3 is 0 Å². The second-order valence-electron chi connectivity index (χ2n) is 5.82. The summed E-state index contributed by atoms with van der Waals surface area (Å²) in [5.74, 6) is 1.88. The fourth-order valence-electron chi connectivity index (χ4n) is 3.13. The zero-order valence-corrected chi connectivity index (χ0v) is 14.2. The number of para-hydroxylation sites is 1. The SMILES string of the molecule is O=c1cc(-c2n[nH]c(=S)n2-c2ccc3c(c2)OCO3)c2ccccc2[nH]1. The molecule has 0 amide bonds. The molecule has 0 spiro atoms. The summed E-state index contributed by atoms with van der Waals surface area (Å²) in [6, 6.07) is 14.6. The summed E-state index contributed by atoms with van der Waals surface area (Å²) < 4.78 is 13.0. The normalized spacial score (nSPS) is 12.6. The number of ether oxygens (including phenoxy) is 2. The van der Waals surface area contributed by atoms with E-state index in [0.29, 0.717) is 27.7 Å². The Bertz CT molecular complexity index is 1270. The Morgan fingerprint density at radius 1 is 1.08 bits per heavy atom. The number of nitrogens with zero attached hydrogens (tertiary/aromatic N) is 2. The van der Waals surface area contributed by atoms with Crippen LogP contribution in [0.25, 0.3) is 28.0 Å². The molecule has 0 saturated carbocycles. The molecule has 0 aliphatic carbocycles. The Morgan fingerprint density at radius 2 is 1.92 bits per heavy atom. The largest absolute Gasteiger partial charge is 0.454 e. The quantitative estimate of drug-likeness (QED) is 0.534. The van der Waals surface area contributed by atoms with Crippen LogP contribution in [-0.2, 0) is 0 Å². The Morgan fingerprint density at radius 3 is 2.85 bits per heavy atom. The minimum atomic E-state index is -0.204. The summed E-state index contributed by atoms with van der Waals surface area (Å²) >= 11 is 5.43. The lowest BCUT2D eigenvalue weighted by molar-refractivity contribution is 0.174. The van der Waals surface area contributed by atoms with Crippen LogP contribution in [0.3, 0.4) is 0 Å². The molecular weight excluding hydrogens is 352 g/mol. The first-order valence-corrected chi connectivity index (χ1v) is 8.31. The Kier molecular flexibility index (Phi) is 3.19. The van der Waals surface area contributed by atoms with Gasteiger partial charge in [0.25, 0.3) is 0 Å². The molecule has 1 aliphatic rings. The monoisotopic (exact) mass is 364 g/mol. The molecule has 2 aromatic heterocycles. The first-order valence-electron chi connectivity index (χ1n) is 7.90. The zero-order chi connectivity index (χ0) is 17.7. The van der Waals surface area contributed by atoms with Crippen LogP contribution in [0.4, 0.5) is 0 Å². The van der Waals surface area contributed by atoms with Gasteiger partial charge in [0.1, 0.15) is 0 Å². The zero-order valence-electron chi connectivity index (χ0n) is 13.4. The molecule has 1 aliphatic heterocycles. The van der Waals surface area contributed by atoms with Crippen molar-refractivity contribution < 1.29 is 9.47 Å².